The molecular formula is C16H16F6N4O2. The second-order valence-corrected chi connectivity index (χ2v) is 6.95. The maximum Gasteiger partial charge on any atom is 0.433 e. The Bertz CT molecular complexity index is 899. The van der Waals surface area contributed by atoms with Gasteiger partial charge in [0.05, 0.1) is 0 Å². The van der Waals surface area contributed by atoms with Gasteiger partial charge in [0.25, 0.3) is 0 Å². The number of halogens is 6. The lowest BCUT2D eigenvalue weighted by Crippen LogP contribution is -2.44. The van der Waals surface area contributed by atoms with Crippen LogP contribution < -0.4 is 5.32 Å². The Balaban J connectivity index is 1.95. The van der Waals surface area contributed by atoms with Crippen LogP contribution in [-0.2, 0) is 10.9 Å². The zero-order chi connectivity index (χ0) is 20.9. The fraction of sp³-hybridized carbons (Fsp3) is 0.562. The first-order valence-electron chi connectivity index (χ1n) is 8.32. The number of alkyl halides is 6. The molecule has 28 heavy (non-hydrogen) atoms. The molecule has 154 valence electrons. The fourth-order valence-corrected chi connectivity index (χ4v) is 2.62. The van der Waals surface area contributed by atoms with Crippen LogP contribution in [-0.4, -0.2) is 32.4 Å². The van der Waals surface area contributed by atoms with Crippen molar-refractivity contribution in [3.8, 4) is 0 Å². The summed E-state index contributed by atoms with van der Waals surface area (Å²) in [6, 6.07) is 1.57. The smallest absolute Gasteiger partial charge is 0.433 e. The SMILES string of the molecule is CC(C)(OC(=O)Nc1nc2ccc(C(F)(F)F)nc2n1C1CCC1)C(F)(F)F. The van der Waals surface area contributed by atoms with E-state index in [1.165, 1.54) is 4.57 Å². The third-order valence-electron chi connectivity index (χ3n) is 4.51. The number of carbonyl (C=O) groups is 1. The molecule has 0 saturated heterocycles. The Kier molecular flexibility index (Phi) is 4.71. The highest BCUT2D eigenvalue weighted by Crippen LogP contribution is 2.38. The molecule has 2 aromatic heterocycles. The second kappa shape index (κ2) is 6.52. The summed E-state index contributed by atoms with van der Waals surface area (Å²) in [5.74, 6) is -0.213. The van der Waals surface area contributed by atoms with Crippen molar-refractivity contribution < 1.29 is 35.9 Å². The van der Waals surface area contributed by atoms with Crippen LogP contribution in [0.25, 0.3) is 11.2 Å². The van der Waals surface area contributed by atoms with Gasteiger partial charge in [0.15, 0.2) is 5.65 Å². The molecule has 1 amide bonds. The number of nitrogens with one attached hydrogen (secondary N) is 1. The van der Waals surface area contributed by atoms with E-state index in [-0.39, 0.29) is 23.2 Å². The molecular weight excluding hydrogens is 394 g/mol. The molecule has 2 aromatic rings. The normalized spacial score (nSPS) is 16.1. The molecule has 0 bridgehead atoms. The molecule has 1 N–H and O–H groups in total. The standard InChI is InChI=1S/C16H16F6N4O2/c1-14(2,16(20,21)22)28-13(27)25-12-23-9-6-7-10(15(17,18)19)24-11(9)26(12)8-4-3-5-8/h6-8H,3-5H2,1-2H3,(H,23,25,27). The van der Waals surface area contributed by atoms with Crippen LogP contribution >= 0.6 is 0 Å². The first-order valence-corrected chi connectivity index (χ1v) is 8.32. The fourth-order valence-electron chi connectivity index (χ4n) is 2.62. The van der Waals surface area contributed by atoms with Crippen molar-refractivity contribution in [2.24, 2.45) is 0 Å². The third kappa shape index (κ3) is 3.72. The van der Waals surface area contributed by atoms with Crippen LogP contribution in [0.2, 0.25) is 0 Å². The summed E-state index contributed by atoms with van der Waals surface area (Å²) >= 11 is 0. The van der Waals surface area contributed by atoms with Crippen LogP contribution in [0.15, 0.2) is 12.1 Å². The van der Waals surface area contributed by atoms with Crippen LogP contribution in [0.5, 0.6) is 0 Å². The van der Waals surface area contributed by atoms with E-state index >= 15 is 0 Å². The van der Waals surface area contributed by atoms with Crippen LogP contribution in [0.1, 0.15) is 44.8 Å². The largest absolute Gasteiger partial charge is 0.434 e. The van der Waals surface area contributed by atoms with Gasteiger partial charge in [0.1, 0.15) is 11.2 Å². The lowest BCUT2D eigenvalue weighted by atomic mass is 9.93. The zero-order valence-electron chi connectivity index (χ0n) is 14.8. The Morgan fingerprint density at radius 2 is 1.79 bits per heavy atom. The van der Waals surface area contributed by atoms with Gasteiger partial charge in [-0.3, -0.25) is 9.88 Å². The molecule has 0 radical (unpaired) electrons. The topological polar surface area (TPSA) is 69.0 Å². The molecule has 1 aliphatic carbocycles. The van der Waals surface area contributed by atoms with Crippen molar-refractivity contribution in [3.05, 3.63) is 17.8 Å². The van der Waals surface area contributed by atoms with Gasteiger partial charge in [-0.2, -0.15) is 26.3 Å². The highest BCUT2D eigenvalue weighted by molar-refractivity contribution is 5.86. The number of aromatic nitrogens is 3. The number of fused-ring (bicyclic) bond motifs is 1. The zero-order valence-corrected chi connectivity index (χ0v) is 14.8. The molecule has 0 aliphatic heterocycles. The van der Waals surface area contributed by atoms with E-state index < -0.39 is 29.7 Å². The number of rotatable bonds is 3. The molecule has 12 heteroatoms. The van der Waals surface area contributed by atoms with E-state index in [4.69, 9.17) is 0 Å². The number of ether oxygens (including phenoxy) is 1. The second-order valence-electron chi connectivity index (χ2n) is 6.95. The first-order chi connectivity index (χ1) is 12.8. The van der Waals surface area contributed by atoms with Gasteiger partial charge in [-0.15, -0.1) is 0 Å². The molecule has 0 aromatic carbocycles. The maximum absolute atomic E-state index is 13.0. The van der Waals surface area contributed by atoms with Gasteiger partial charge in [-0.1, -0.05) is 0 Å². The van der Waals surface area contributed by atoms with Gasteiger partial charge in [-0.25, -0.2) is 14.8 Å². The van der Waals surface area contributed by atoms with E-state index in [9.17, 15) is 31.1 Å². The number of hydrogen-bond donors (Lipinski definition) is 1. The Morgan fingerprint density at radius 3 is 2.29 bits per heavy atom. The van der Waals surface area contributed by atoms with E-state index in [2.05, 4.69) is 20.0 Å². The van der Waals surface area contributed by atoms with Crippen molar-refractivity contribution in [1.29, 1.82) is 0 Å². The van der Waals surface area contributed by atoms with Crippen molar-refractivity contribution in [2.75, 3.05) is 5.32 Å². The number of pyridine rings is 1. The third-order valence-corrected chi connectivity index (χ3v) is 4.51. The van der Waals surface area contributed by atoms with Gasteiger partial charge in [0.2, 0.25) is 11.5 Å². The maximum atomic E-state index is 13.0. The number of anilines is 1. The van der Waals surface area contributed by atoms with Crippen molar-refractivity contribution in [3.63, 3.8) is 0 Å². The van der Waals surface area contributed by atoms with Crippen LogP contribution in [0, 0.1) is 0 Å². The van der Waals surface area contributed by atoms with Crippen molar-refractivity contribution >= 4 is 23.2 Å². The summed E-state index contributed by atoms with van der Waals surface area (Å²) in [4.78, 5) is 19.6. The summed E-state index contributed by atoms with van der Waals surface area (Å²) in [6.07, 6.45) is -8.86. The van der Waals surface area contributed by atoms with E-state index in [0.29, 0.717) is 26.7 Å². The Hall–Kier alpha value is -2.53. The van der Waals surface area contributed by atoms with Crippen molar-refractivity contribution in [1.82, 2.24) is 14.5 Å². The quantitative estimate of drug-likeness (QED) is 0.718. The van der Waals surface area contributed by atoms with Crippen LogP contribution in [0.3, 0.4) is 0 Å². The summed E-state index contributed by atoms with van der Waals surface area (Å²) in [7, 11) is 0. The Morgan fingerprint density at radius 1 is 1.14 bits per heavy atom. The molecule has 0 atom stereocenters. The van der Waals surface area contributed by atoms with E-state index in [1.54, 1.807) is 0 Å². The van der Waals surface area contributed by atoms with E-state index in [0.717, 1.165) is 18.6 Å². The number of nitrogens with zero attached hydrogens (tertiary/aromatic N) is 3. The molecule has 6 nitrogen and oxygen atoms in total. The summed E-state index contributed by atoms with van der Waals surface area (Å²) in [5.41, 5.74) is -3.92. The predicted octanol–water partition coefficient (Wildman–Crippen LogP) is 5.06. The number of carbonyl (C=O) groups excluding carboxylic acids is 1. The number of imidazole rings is 1. The lowest BCUT2D eigenvalue weighted by molar-refractivity contribution is -0.242. The summed E-state index contributed by atoms with van der Waals surface area (Å²) in [5, 5.41) is 2.10. The molecule has 1 saturated carbocycles. The molecule has 0 unspecified atom stereocenters. The van der Waals surface area contributed by atoms with Crippen molar-refractivity contribution in [2.45, 2.75) is 57.1 Å². The molecule has 1 aliphatic rings. The molecule has 0 spiro atoms. The van der Waals surface area contributed by atoms with Crippen LogP contribution in [0.4, 0.5) is 37.1 Å². The average Bonchev–Trinajstić information content (AvgIpc) is 2.80. The summed E-state index contributed by atoms with van der Waals surface area (Å²) < 4.78 is 83.3. The number of hydrogen-bond acceptors (Lipinski definition) is 4. The lowest BCUT2D eigenvalue weighted by Gasteiger charge is -2.30. The Labute approximate surface area is 154 Å². The predicted molar refractivity (Wildman–Crippen MR) is 85.7 cm³/mol. The highest BCUT2D eigenvalue weighted by atomic mass is 19.4. The van der Waals surface area contributed by atoms with Gasteiger partial charge >= 0.3 is 18.4 Å². The average molecular weight is 410 g/mol. The van der Waals surface area contributed by atoms with Gasteiger partial charge in [-0.05, 0) is 45.2 Å². The van der Waals surface area contributed by atoms with E-state index in [1.807, 2.05) is 0 Å². The monoisotopic (exact) mass is 410 g/mol. The van der Waals surface area contributed by atoms with Gasteiger partial charge in [0, 0.05) is 6.04 Å². The minimum absolute atomic E-state index is 0.0743. The highest BCUT2D eigenvalue weighted by Gasteiger charge is 2.51. The molecule has 1 fully saturated rings. The van der Waals surface area contributed by atoms with Gasteiger partial charge < -0.3 is 4.74 Å². The minimum atomic E-state index is -4.80. The summed E-state index contributed by atoms with van der Waals surface area (Å²) in [6.45, 7) is 1.36. The minimum Gasteiger partial charge on any atom is -0.434 e. The molecule has 3 rings (SSSR count). The molecule has 2 heterocycles. The first kappa shape index (κ1) is 20.2. The number of amides is 1.